The lowest BCUT2D eigenvalue weighted by Gasteiger charge is -2.26. The van der Waals surface area contributed by atoms with E-state index < -0.39 is 5.97 Å². The van der Waals surface area contributed by atoms with Crippen LogP contribution in [0.4, 0.5) is 5.82 Å². The van der Waals surface area contributed by atoms with Crippen LogP contribution in [0.25, 0.3) is 0 Å². The molecule has 1 fully saturated rings. The Kier molecular flexibility index (Phi) is 3.98. The van der Waals surface area contributed by atoms with Crippen LogP contribution >= 0.6 is 11.6 Å². The zero-order valence-electron chi connectivity index (χ0n) is 9.64. The van der Waals surface area contributed by atoms with Crippen LogP contribution in [0.1, 0.15) is 36.0 Å². The first-order valence-electron chi connectivity index (χ1n) is 5.76. The summed E-state index contributed by atoms with van der Waals surface area (Å²) in [7, 11) is 0. The monoisotopic (exact) mass is 271 g/mol. The molecule has 3 N–H and O–H groups in total. The van der Waals surface area contributed by atoms with Gasteiger partial charge in [-0.15, -0.1) is 0 Å². The molecule has 1 aromatic rings. The van der Waals surface area contributed by atoms with Gasteiger partial charge in [0.25, 0.3) is 0 Å². The fraction of sp³-hybridized carbons (Fsp3) is 0.545. The van der Waals surface area contributed by atoms with Crippen molar-refractivity contribution in [2.24, 2.45) is 0 Å². The number of nitrogens with one attached hydrogen (secondary N) is 1. The van der Waals surface area contributed by atoms with Gasteiger partial charge in [-0.2, -0.15) is 4.98 Å². The van der Waals surface area contributed by atoms with Crippen LogP contribution < -0.4 is 5.32 Å². The number of aromatic carboxylic acids is 1. The van der Waals surface area contributed by atoms with E-state index in [9.17, 15) is 9.90 Å². The molecule has 0 spiro atoms. The molecular weight excluding hydrogens is 258 g/mol. The Morgan fingerprint density at radius 3 is 2.67 bits per heavy atom. The Bertz CT molecular complexity index is 447. The number of aliphatic hydroxyl groups excluding tert-OH is 1. The van der Waals surface area contributed by atoms with E-state index in [1.807, 2.05) is 0 Å². The lowest BCUT2D eigenvalue weighted by molar-refractivity contribution is 0.0696. The number of anilines is 1. The summed E-state index contributed by atoms with van der Waals surface area (Å²) in [4.78, 5) is 18.6. The van der Waals surface area contributed by atoms with Crippen LogP contribution in [0.3, 0.4) is 0 Å². The van der Waals surface area contributed by atoms with Crippen molar-refractivity contribution in [3.8, 4) is 0 Å². The molecule has 0 amide bonds. The van der Waals surface area contributed by atoms with Gasteiger partial charge in [-0.25, -0.2) is 9.78 Å². The van der Waals surface area contributed by atoms with Gasteiger partial charge in [0, 0.05) is 12.2 Å². The smallest absolute Gasteiger partial charge is 0.341 e. The summed E-state index contributed by atoms with van der Waals surface area (Å²) in [6.45, 7) is 0. The molecular formula is C11H14ClN3O3. The fourth-order valence-electron chi connectivity index (χ4n) is 2.04. The predicted octanol–water partition coefficient (Wildman–Crippen LogP) is 1.54. The number of aliphatic hydroxyl groups is 1. The highest BCUT2D eigenvalue weighted by molar-refractivity contribution is 6.28. The van der Waals surface area contributed by atoms with E-state index in [0.717, 1.165) is 12.8 Å². The van der Waals surface area contributed by atoms with E-state index >= 15 is 0 Å². The Labute approximate surface area is 109 Å². The Hall–Kier alpha value is -1.40. The molecule has 0 aliphatic heterocycles. The second-order valence-electron chi connectivity index (χ2n) is 4.36. The fourth-order valence-corrected chi connectivity index (χ4v) is 2.17. The number of nitrogens with zero attached hydrogens (tertiary/aromatic N) is 2. The van der Waals surface area contributed by atoms with Crippen molar-refractivity contribution in [3.63, 3.8) is 0 Å². The van der Waals surface area contributed by atoms with Gasteiger partial charge in [0.1, 0.15) is 11.4 Å². The second-order valence-corrected chi connectivity index (χ2v) is 4.69. The van der Waals surface area contributed by atoms with Gasteiger partial charge in [-0.3, -0.25) is 0 Å². The van der Waals surface area contributed by atoms with Crippen LogP contribution in [0.15, 0.2) is 6.20 Å². The van der Waals surface area contributed by atoms with E-state index in [-0.39, 0.29) is 28.8 Å². The van der Waals surface area contributed by atoms with Gasteiger partial charge >= 0.3 is 5.97 Å². The van der Waals surface area contributed by atoms with Crippen LogP contribution in [0.2, 0.25) is 5.28 Å². The maximum Gasteiger partial charge on any atom is 0.341 e. The average molecular weight is 272 g/mol. The van der Waals surface area contributed by atoms with E-state index in [4.69, 9.17) is 16.7 Å². The molecule has 18 heavy (non-hydrogen) atoms. The van der Waals surface area contributed by atoms with Crippen molar-refractivity contribution in [1.82, 2.24) is 9.97 Å². The number of hydrogen-bond acceptors (Lipinski definition) is 5. The molecule has 2 rings (SSSR count). The number of carboxylic acids is 1. The van der Waals surface area contributed by atoms with Crippen LogP contribution in [-0.4, -0.2) is 38.3 Å². The summed E-state index contributed by atoms with van der Waals surface area (Å²) < 4.78 is 0. The third kappa shape index (κ3) is 3.08. The number of hydrogen-bond donors (Lipinski definition) is 3. The highest BCUT2D eigenvalue weighted by atomic mass is 35.5. The molecule has 7 heteroatoms. The van der Waals surface area contributed by atoms with Crippen molar-refractivity contribution in [2.45, 2.75) is 37.8 Å². The van der Waals surface area contributed by atoms with Gasteiger partial charge in [0.05, 0.1) is 6.10 Å². The van der Waals surface area contributed by atoms with Gasteiger partial charge in [-0.05, 0) is 37.3 Å². The largest absolute Gasteiger partial charge is 0.477 e. The van der Waals surface area contributed by atoms with Gasteiger partial charge in [-0.1, -0.05) is 0 Å². The molecule has 1 aliphatic carbocycles. The molecule has 1 heterocycles. The highest BCUT2D eigenvalue weighted by Gasteiger charge is 2.22. The molecule has 0 unspecified atom stereocenters. The van der Waals surface area contributed by atoms with Crippen LogP contribution in [-0.2, 0) is 0 Å². The van der Waals surface area contributed by atoms with Crippen molar-refractivity contribution < 1.29 is 15.0 Å². The molecule has 1 aromatic heterocycles. The van der Waals surface area contributed by atoms with Gasteiger partial charge in [0.2, 0.25) is 5.28 Å². The molecule has 0 radical (unpaired) electrons. The molecule has 0 atom stereocenters. The van der Waals surface area contributed by atoms with Gasteiger partial charge in [0.15, 0.2) is 0 Å². The summed E-state index contributed by atoms with van der Waals surface area (Å²) in [5, 5.41) is 21.5. The minimum absolute atomic E-state index is 0.00511. The SMILES string of the molecule is O=C(O)c1cnc(Cl)nc1N[C@H]1CC[C@@H](O)CC1. The number of carboxylic acid groups (broad SMARTS) is 1. The first kappa shape index (κ1) is 13.0. The van der Waals surface area contributed by atoms with Crippen molar-refractivity contribution in [2.75, 3.05) is 5.32 Å². The molecule has 0 saturated heterocycles. The Balaban J connectivity index is 2.12. The summed E-state index contributed by atoms with van der Waals surface area (Å²) >= 11 is 5.67. The Morgan fingerprint density at radius 2 is 2.06 bits per heavy atom. The number of aromatic nitrogens is 2. The minimum atomic E-state index is -1.09. The van der Waals surface area contributed by atoms with Crippen LogP contribution in [0.5, 0.6) is 0 Å². The molecule has 0 aromatic carbocycles. The van der Waals surface area contributed by atoms with Gasteiger partial charge < -0.3 is 15.5 Å². The van der Waals surface area contributed by atoms with E-state index in [0.29, 0.717) is 12.8 Å². The van der Waals surface area contributed by atoms with Crippen molar-refractivity contribution in [3.05, 3.63) is 17.0 Å². The molecule has 1 aliphatic rings. The van der Waals surface area contributed by atoms with E-state index in [1.54, 1.807) is 0 Å². The third-order valence-electron chi connectivity index (χ3n) is 3.03. The summed E-state index contributed by atoms with van der Waals surface area (Å²) in [6.07, 6.45) is 3.91. The molecule has 6 nitrogen and oxygen atoms in total. The number of rotatable bonds is 3. The van der Waals surface area contributed by atoms with E-state index in [2.05, 4.69) is 15.3 Å². The number of carbonyl (C=O) groups is 1. The topological polar surface area (TPSA) is 95.3 Å². The first-order chi connectivity index (χ1) is 8.56. The zero-order valence-corrected chi connectivity index (χ0v) is 10.4. The normalized spacial score (nSPS) is 23.7. The maximum absolute atomic E-state index is 11.0. The molecule has 0 bridgehead atoms. The lowest BCUT2D eigenvalue weighted by Crippen LogP contribution is -2.29. The first-order valence-corrected chi connectivity index (χ1v) is 6.14. The standard InChI is InChI=1S/C11H14ClN3O3/c12-11-13-5-8(10(17)18)9(15-11)14-6-1-3-7(16)4-2-6/h5-7,16H,1-4H2,(H,17,18)(H,13,14,15)/t6-,7+. The molecule has 1 saturated carbocycles. The maximum atomic E-state index is 11.0. The zero-order chi connectivity index (χ0) is 13.1. The third-order valence-corrected chi connectivity index (χ3v) is 3.21. The summed E-state index contributed by atoms with van der Waals surface area (Å²) in [5.41, 5.74) is 0.00511. The van der Waals surface area contributed by atoms with Crippen molar-refractivity contribution in [1.29, 1.82) is 0 Å². The Morgan fingerprint density at radius 1 is 1.39 bits per heavy atom. The quantitative estimate of drug-likeness (QED) is 0.722. The lowest BCUT2D eigenvalue weighted by atomic mass is 9.93. The minimum Gasteiger partial charge on any atom is -0.477 e. The summed E-state index contributed by atoms with van der Waals surface area (Å²) in [6, 6.07) is 0.109. The second kappa shape index (κ2) is 5.49. The number of halogens is 1. The van der Waals surface area contributed by atoms with Crippen LogP contribution in [0, 0.1) is 0 Å². The highest BCUT2D eigenvalue weighted by Crippen LogP contribution is 2.23. The predicted molar refractivity (Wildman–Crippen MR) is 65.9 cm³/mol. The molecule has 98 valence electrons. The average Bonchev–Trinajstić information content (AvgIpc) is 2.32. The summed E-state index contributed by atoms with van der Waals surface area (Å²) in [5.74, 6) is -0.853. The van der Waals surface area contributed by atoms with Crippen molar-refractivity contribution >= 4 is 23.4 Å². The van der Waals surface area contributed by atoms with E-state index in [1.165, 1.54) is 6.20 Å².